The van der Waals surface area contributed by atoms with Crippen molar-refractivity contribution in [3.63, 3.8) is 0 Å². The number of benzene rings is 8. The van der Waals surface area contributed by atoms with Gasteiger partial charge in [0.05, 0.1) is 22.1 Å². The summed E-state index contributed by atoms with van der Waals surface area (Å²) >= 11 is 0. The van der Waals surface area contributed by atoms with Crippen LogP contribution in [0.2, 0.25) is 0 Å². The topological polar surface area (TPSA) is 48.8 Å². The summed E-state index contributed by atoms with van der Waals surface area (Å²) in [6.07, 6.45) is 0. The highest BCUT2D eigenvalue weighted by atomic mass is 16.4. The van der Waals surface area contributed by atoms with Gasteiger partial charge in [-0.3, -0.25) is 0 Å². The van der Waals surface area contributed by atoms with Crippen LogP contribution in [0, 0.1) is 0 Å². The van der Waals surface area contributed by atoms with E-state index >= 15 is 0 Å². The average Bonchev–Trinajstić information content (AvgIpc) is 3.94. The molecule has 0 spiro atoms. The molecule has 0 N–H and O–H groups in total. The molecule has 3 heterocycles. The van der Waals surface area contributed by atoms with Gasteiger partial charge in [-0.1, -0.05) is 97.1 Å². The van der Waals surface area contributed by atoms with E-state index < -0.39 is 0 Å². The van der Waals surface area contributed by atoms with E-state index in [0.717, 1.165) is 38.9 Å². The average molecular weight is 679 g/mol. The zero-order valence-electron chi connectivity index (χ0n) is 28.5. The zero-order chi connectivity index (χ0) is 34.9. The molecule has 11 rings (SSSR count). The first-order chi connectivity index (χ1) is 26.3. The van der Waals surface area contributed by atoms with Crippen LogP contribution in [0.15, 0.2) is 186 Å². The molecule has 0 amide bonds. The molecule has 3 aromatic heterocycles. The van der Waals surface area contributed by atoms with Crippen LogP contribution in [0.25, 0.3) is 99.8 Å². The van der Waals surface area contributed by atoms with Crippen LogP contribution in [0.5, 0.6) is 0 Å². The number of para-hydroxylation sites is 3. The van der Waals surface area contributed by atoms with Crippen LogP contribution < -0.4 is 0 Å². The Balaban J connectivity index is 0.975. The minimum absolute atomic E-state index is 0.496. The smallest absolute Gasteiger partial charge is 0.248 e. The normalized spacial score (nSPS) is 11.8. The van der Waals surface area contributed by atoms with Gasteiger partial charge in [-0.15, -0.1) is 10.2 Å². The van der Waals surface area contributed by atoms with Crippen molar-refractivity contribution in [1.29, 1.82) is 0 Å². The standard InChI is InChI=1S/C48H30N4O/c1-2-12-37(13-3-1)51-43-16-8-6-14-39(43)41-29-34(22-26-45(41)51)35-23-27-46-42(30-35)40-15-7-9-17-44(40)52(46)38-24-20-32(21-25-38)47-49-50-48(53-47)36-19-18-31-10-4-5-11-33(31)28-36/h1-30H. The summed E-state index contributed by atoms with van der Waals surface area (Å²) in [6.45, 7) is 0. The van der Waals surface area contributed by atoms with Gasteiger partial charge in [0.15, 0.2) is 0 Å². The Hall–Kier alpha value is -7.24. The Bertz CT molecular complexity index is 3170. The molecule has 0 radical (unpaired) electrons. The lowest BCUT2D eigenvalue weighted by Crippen LogP contribution is -1.94. The number of rotatable bonds is 5. The van der Waals surface area contributed by atoms with Gasteiger partial charge in [-0.25, -0.2) is 0 Å². The van der Waals surface area contributed by atoms with E-state index in [1.165, 1.54) is 49.1 Å². The molecule has 0 bridgehead atoms. The highest BCUT2D eigenvalue weighted by molar-refractivity contribution is 6.12. The zero-order valence-corrected chi connectivity index (χ0v) is 28.5. The largest absolute Gasteiger partial charge is 0.416 e. The molecule has 0 aliphatic carbocycles. The molecule has 53 heavy (non-hydrogen) atoms. The summed E-state index contributed by atoms with van der Waals surface area (Å²) in [5.74, 6) is 1.00. The third-order valence-electron chi connectivity index (χ3n) is 10.5. The van der Waals surface area contributed by atoms with Gasteiger partial charge in [-0.05, 0) is 107 Å². The van der Waals surface area contributed by atoms with Gasteiger partial charge in [0, 0.05) is 44.0 Å². The molecule has 248 valence electrons. The maximum atomic E-state index is 6.17. The quantitative estimate of drug-likeness (QED) is 0.182. The molecule has 0 fully saturated rings. The van der Waals surface area contributed by atoms with Crippen LogP contribution in [0.1, 0.15) is 0 Å². The first-order valence-electron chi connectivity index (χ1n) is 17.8. The van der Waals surface area contributed by atoms with Crippen molar-refractivity contribution in [2.24, 2.45) is 0 Å². The van der Waals surface area contributed by atoms with Gasteiger partial charge in [0.1, 0.15) is 0 Å². The van der Waals surface area contributed by atoms with E-state index in [-0.39, 0.29) is 0 Å². The van der Waals surface area contributed by atoms with Crippen molar-refractivity contribution >= 4 is 54.4 Å². The SMILES string of the molecule is c1ccc(-n2c3ccccc3c3cc(-c4ccc5c(c4)c4ccccc4n5-c4ccc(-c5nnc(-c6ccc7ccccc7c6)o5)cc4)ccc32)cc1. The lowest BCUT2D eigenvalue weighted by Gasteiger charge is -2.09. The molecule has 5 nitrogen and oxygen atoms in total. The molecule has 0 unspecified atom stereocenters. The monoisotopic (exact) mass is 678 g/mol. The van der Waals surface area contributed by atoms with E-state index in [2.05, 4.69) is 183 Å². The summed E-state index contributed by atoms with van der Waals surface area (Å²) in [4.78, 5) is 0. The number of aromatic nitrogens is 4. The second-order valence-electron chi connectivity index (χ2n) is 13.5. The summed E-state index contributed by atoms with van der Waals surface area (Å²) < 4.78 is 10.9. The minimum Gasteiger partial charge on any atom is -0.416 e. The maximum absolute atomic E-state index is 6.17. The molecule has 0 aliphatic heterocycles. The molecule has 0 saturated carbocycles. The molecular formula is C48H30N4O. The lowest BCUT2D eigenvalue weighted by atomic mass is 10.0. The molecule has 0 atom stereocenters. The Morgan fingerprint density at radius 3 is 1.43 bits per heavy atom. The summed E-state index contributed by atoms with van der Waals surface area (Å²) in [7, 11) is 0. The highest BCUT2D eigenvalue weighted by Gasteiger charge is 2.17. The molecular weight excluding hydrogens is 649 g/mol. The third kappa shape index (κ3) is 4.71. The lowest BCUT2D eigenvalue weighted by molar-refractivity contribution is 0.584. The minimum atomic E-state index is 0.496. The fourth-order valence-electron chi connectivity index (χ4n) is 7.97. The Labute approximate surface area is 304 Å². The van der Waals surface area contributed by atoms with E-state index in [4.69, 9.17) is 4.42 Å². The predicted octanol–water partition coefficient (Wildman–Crippen LogP) is 12.4. The van der Waals surface area contributed by atoms with E-state index in [1.807, 2.05) is 18.2 Å². The van der Waals surface area contributed by atoms with Gasteiger partial charge < -0.3 is 13.6 Å². The Morgan fingerprint density at radius 2 is 0.792 bits per heavy atom. The molecule has 11 aromatic rings. The maximum Gasteiger partial charge on any atom is 0.248 e. The molecule has 5 heteroatoms. The van der Waals surface area contributed by atoms with Crippen LogP contribution >= 0.6 is 0 Å². The number of fused-ring (bicyclic) bond motifs is 7. The van der Waals surface area contributed by atoms with E-state index in [0.29, 0.717) is 11.8 Å². The van der Waals surface area contributed by atoms with Crippen molar-refractivity contribution in [1.82, 2.24) is 19.3 Å². The second kappa shape index (κ2) is 11.7. The van der Waals surface area contributed by atoms with Crippen molar-refractivity contribution in [2.75, 3.05) is 0 Å². The van der Waals surface area contributed by atoms with E-state index in [1.54, 1.807) is 0 Å². The summed E-state index contributed by atoms with van der Waals surface area (Å²) in [5, 5.41) is 16.0. The van der Waals surface area contributed by atoms with Crippen molar-refractivity contribution in [2.45, 2.75) is 0 Å². The first kappa shape index (κ1) is 29.5. The molecule has 8 aromatic carbocycles. The highest BCUT2D eigenvalue weighted by Crippen LogP contribution is 2.38. The Morgan fingerprint density at radius 1 is 0.321 bits per heavy atom. The number of hydrogen-bond donors (Lipinski definition) is 0. The van der Waals surface area contributed by atoms with Crippen LogP contribution in [-0.4, -0.2) is 19.3 Å². The first-order valence-corrected chi connectivity index (χ1v) is 17.8. The number of nitrogens with zero attached hydrogens (tertiary/aromatic N) is 4. The van der Waals surface area contributed by atoms with Gasteiger partial charge in [0.25, 0.3) is 0 Å². The van der Waals surface area contributed by atoms with Crippen molar-refractivity contribution in [3.8, 4) is 45.4 Å². The van der Waals surface area contributed by atoms with Crippen LogP contribution in [-0.2, 0) is 0 Å². The summed E-state index contributed by atoms with van der Waals surface area (Å²) in [5.41, 5.74) is 11.1. The third-order valence-corrected chi connectivity index (χ3v) is 10.5. The van der Waals surface area contributed by atoms with Crippen molar-refractivity contribution < 1.29 is 4.42 Å². The molecule has 0 saturated heterocycles. The van der Waals surface area contributed by atoms with Crippen LogP contribution in [0.3, 0.4) is 0 Å². The Kier molecular flexibility index (Phi) is 6.48. The fourth-order valence-corrected chi connectivity index (χ4v) is 7.97. The predicted molar refractivity (Wildman–Crippen MR) is 217 cm³/mol. The second-order valence-corrected chi connectivity index (χ2v) is 13.5. The van der Waals surface area contributed by atoms with Crippen LogP contribution in [0.4, 0.5) is 0 Å². The molecule has 0 aliphatic rings. The van der Waals surface area contributed by atoms with E-state index in [9.17, 15) is 0 Å². The van der Waals surface area contributed by atoms with Gasteiger partial charge in [0.2, 0.25) is 11.8 Å². The van der Waals surface area contributed by atoms with Crippen molar-refractivity contribution in [3.05, 3.63) is 182 Å². The summed E-state index contributed by atoms with van der Waals surface area (Å²) in [6, 6.07) is 64.5. The van der Waals surface area contributed by atoms with Gasteiger partial charge >= 0.3 is 0 Å². The number of hydrogen-bond acceptors (Lipinski definition) is 3. The fraction of sp³-hybridized carbons (Fsp3) is 0. The van der Waals surface area contributed by atoms with Gasteiger partial charge in [-0.2, -0.15) is 0 Å².